The fourth-order valence-corrected chi connectivity index (χ4v) is 4.79. The van der Waals surface area contributed by atoms with Crippen molar-refractivity contribution in [2.75, 3.05) is 19.7 Å². The molecule has 2 heterocycles. The van der Waals surface area contributed by atoms with Gasteiger partial charge in [-0.05, 0) is 48.8 Å². The molecule has 2 saturated heterocycles. The number of alkyl carbamates (subject to hydrolysis) is 1. The number of ether oxygens (including phenoxy) is 2. The Morgan fingerprint density at radius 2 is 1.97 bits per heavy atom. The lowest BCUT2D eigenvalue weighted by atomic mass is 9.68. The van der Waals surface area contributed by atoms with Crippen molar-refractivity contribution >= 4 is 12.0 Å². The van der Waals surface area contributed by atoms with Gasteiger partial charge in [0.2, 0.25) is 5.91 Å². The van der Waals surface area contributed by atoms with E-state index in [0.717, 1.165) is 12.0 Å². The Balaban J connectivity index is 1.31. The average molecular weight is 412 g/mol. The summed E-state index contributed by atoms with van der Waals surface area (Å²) in [4.78, 5) is 25.9. The van der Waals surface area contributed by atoms with Gasteiger partial charge in [0.25, 0.3) is 0 Å². The second-order valence-electron chi connectivity index (χ2n) is 8.36. The van der Waals surface area contributed by atoms with E-state index in [0.29, 0.717) is 32.5 Å². The highest BCUT2D eigenvalue weighted by Gasteiger charge is 2.53. The number of nitrogens with zero attached hydrogens (tertiary/aromatic N) is 1. The predicted molar refractivity (Wildman–Crippen MR) is 96.2 cm³/mol. The van der Waals surface area contributed by atoms with Crippen molar-refractivity contribution in [2.24, 2.45) is 11.8 Å². The van der Waals surface area contributed by atoms with E-state index in [1.165, 1.54) is 12.1 Å². The average Bonchev–Trinajstić information content (AvgIpc) is 3.01. The van der Waals surface area contributed by atoms with E-state index >= 15 is 0 Å². The maximum atomic E-state index is 12.8. The van der Waals surface area contributed by atoms with Gasteiger partial charge in [0, 0.05) is 19.0 Å². The number of carbonyl (C=O) groups excluding carboxylic acids is 2. The molecule has 0 aromatic heterocycles. The standard InChI is InChI=1S/C20H23F3N2O4/c1-12-10-25(17(26)14-8-19(9-14)11-28-18(27)24-19)7-6-16(12)13-2-4-15(5-3-13)29-20(21,22)23/h2-5,12,14,16H,6-11H2,1H3,(H,24,27)/t12-,14?,16+,19?/m0/s1. The summed E-state index contributed by atoms with van der Waals surface area (Å²) < 4.78 is 45.8. The van der Waals surface area contributed by atoms with Gasteiger partial charge in [0.1, 0.15) is 12.4 Å². The maximum absolute atomic E-state index is 12.8. The number of cyclic esters (lactones) is 1. The Labute approximate surface area is 166 Å². The van der Waals surface area contributed by atoms with Crippen molar-refractivity contribution in [1.82, 2.24) is 10.2 Å². The van der Waals surface area contributed by atoms with Gasteiger partial charge in [0.15, 0.2) is 0 Å². The summed E-state index contributed by atoms with van der Waals surface area (Å²) in [5, 5.41) is 2.80. The molecule has 158 valence electrons. The quantitative estimate of drug-likeness (QED) is 0.826. The maximum Gasteiger partial charge on any atom is 0.573 e. The van der Waals surface area contributed by atoms with Crippen LogP contribution < -0.4 is 10.1 Å². The summed E-state index contributed by atoms with van der Waals surface area (Å²) in [6.45, 7) is 3.59. The normalized spacial score (nSPS) is 31.8. The first-order valence-electron chi connectivity index (χ1n) is 9.74. The predicted octanol–water partition coefficient (Wildman–Crippen LogP) is 3.43. The molecule has 0 bridgehead atoms. The molecule has 2 amide bonds. The fraction of sp³-hybridized carbons (Fsp3) is 0.600. The van der Waals surface area contributed by atoms with E-state index in [1.807, 2.05) is 4.90 Å². The van der Waals surface area contributed by atoms with Crippen molar-refractivity contribution in [1.29, 1.82) is 0 Å². The molecule has 1 saturated carbocycles. The first kappa shape index (κ1) is 19.8. The van der Waals surface area contributed by atoms with Gasteiger partial charge in [-0.15, -0.1) is 13.2 Å². The first-order valence-corrected chi connectivity index (χ1v) is 9.74. The van der Waals surface area contributed by atoms with E-state index in [1.54, 1.807) is 12.1 Å². The molecule has 3 aliphatic rings. The lowest BCUT2D eigenvalue weighted by Crippen LogP contribution is -2.59. The van der Waals surface area contributed by atoms with Crippen LogP contribution in [0.25, 0.3) is 0 Å². The van der Waals surface area contributed by atoms with Crippen LogP contribution in [0.3, 0.4) is 0 Å². The number of nitrogens with one attached hydrogen (secondary N) is 1. The SMILES string of the molecule is C[C@H]1CN(C(=O)C2CC3(COC(=O)N3)C2)CC[C@H]1c1ccc(OC(F)(F)F)cc1. The summed E-state index contributed by atoms with van der Waals surface area (Å²) in [7, 11) is 0. The second-order valence-corrected chi connectivity index (χ2v) is 8.36. The highest BCUT2D eigenvalue weighted by atomic mass is 19.4. The highest BCUT2D eigenvalue weighted by molar-refractivity contribution is 5.81. The number of benzene rings is 1. The third kappa shape index (κ3) is 4.13. The van der Waals surface area contributed by atoms with Crippen molar-refractivity contribution in [3.63, 3.8) is 0 Å². The van der Waals surface area contributed by atoms with Gasteiger partial charge in [-0.2, -0.15) is 0 Å². The number of rotatable bonds is 3. The fourth-order valence-electron chi connectivity index (χ4n) is 4.79. The zero-order valence-electron chi connectivity index (χ0n) is 16.0. The van der Waals surface area contributed by atoms with Crippen molar-refractivity contribution in [3.05, 3.63) is 29.8 Å². The smallest absolute Gasteiger partial charge is 0.447 e. The van der Waals surface area contributed by atoms with E-state index < -0.39 is 12.5 Å². The Hall–Kier alpha value is -2.45. The molecule has 9 heteroatoms. The monoisotopic (exact) mass is 412 g/mol. The molecule has 6 nitrogen and oxygen atoms in total. The van der Waals surface area contributed by atoms with Crippen molar-refractivity contribution in [2.45, 2.75) is 44.0 Å². The number of hydrogen-bond acceptors (Lipinski definition) is 4. The summed E-state index contributed by atoms with van der Waals surface area (Å²) in [5.41, 5.74) is 0.578. The Morgan fingerprint density at radius 3 is 2.52 bits per heavy atom. The number of amides is 2. The minimum absolute atomic E-state index is 0.0976. The second kappa shape index (κ2) is 7.11. The summed E-state index contributed by atoms with van der Waals surface area (Å²) in [5.74, 6) is 0.138. The van der Waals surface area contributed by atoms with Gasteiger partial charge in [-0.25, -0.2) is 4.79 Å². The molecule has 1 aromatic carbocycles. The lowest BCUT2D eigenvalue weighted by Gasteiger charge is -2.46. The zero-order valence-corrected chi connectivity index (χ0v) is 16.0. The van der Waals surface area contributed by atoms with Gasteiger partial charge in [0.05, 0.1) is 5.54 Å². The first-order chi connectivity index (χ1) is 13.6. The minimum Gasteiger partial charge on any atom is -0.447 e. The van der Waals surface area contributed by atoms with Crippen LogP contribution in [0, 0.1) is 11.8 Å². The number of likely N-dealkylation sites (tertiary alicyclic amines) is 1. The third-order valence-corrected chi connectivity index (χ3v) is 6.23. The van der Waals surface area contributed by atoms with Crippen LogP contribution in [-0.4, -0.2) is 48.5 Å². The van der Waals surface area contributed by atoms with E-state index in [2.05, 4.69) is 17.0 Å². The Morgan fingerprint density at radius 1 is 1.28 bits per heavy atom. The molecule has 4 rings (SSSR count). The molecule has 0 radical (unpaired) electrons. The molecule has 1 spiro atoms. The van der Waals surface area contributed by atoms with Gasteiger partial charge in [-0.1, -0.05) is 19.1 Å². The van der Waals surface area contributed by atoms with Crippen LogP contribution in [0.1, 0.15) is 37.7 Å². The van der Waals surface area contributed by atoms with Crippen LogP contribution in [0.2, 0.25) is 0 Å². The third-order valence-electron chi connectivity index (χ3n) is 6.23. The van der Waals surface area contributed by atoms with Crippen LogP contribution in [-0.2, 0) is 9.53 Å². The molecule has 0 unspecified atom stereocenters. The van der Waals surface area contributed by atoms with Gasteiger partial charge in [-0.3, -0.25) is 4.79 Å². The summed E-state index contributed by atoms with van der Waals surface area (Å²) in [6.07, 6.45) is -3.16. The molecule has 3 fully saturated rings. The molecule has 2 atom stereocenters. The Kier molecular flexibility index (Phi) is 4.86. The molecule has 1 N–H and O–H groups in total. The van der Waals surface area contributed by atoms with Crippen molar-refractivity contribution < 1.29 is 32.2 Å². The highest BCUT2D eigenvalue weighted by Crippen LogP contribution is 2.42. The molecular formula is C20H23F3N2O4. The molecule has 1 aliphatic carbocycles. The van der Waals surface area contributed by atoms with Crippen molar-refractivity contribution in [3.8, 4) is 5.75 Å². The molecular weight excluding hydrogens is 389 g/mol. The number of halogens is 3. The van der Waals surface area contributed by atoms with E-state index in [4.69, 9.17) is 4.74 Å². The minimum atomic E-state index is -4.70. The van der Waals surface area contributed by atoms with Gasteiger partial charge >= 0.3 is 12.5 Å². The molecule has 1 aromatic rings. The summed E-state index contributed by atoms with van der Waals surface area (Å²) >= 11 is 0. The van der Waals surface area contributed by atoms with Crippen LogP contribution in [0.5, 0.6) is 5.75 Å². The van der Waals surface area contributed by atoms with Crippen LogP contribution in [0.15, 0.2) is 24.3 Å². The number of alkyl halides is 3. The molecule has 29 heavy (non-hydrogen) atoms. The Bertz CT molecular complexity index is 790. The largest absolute Gasteiger partial charge is 0.573 e. The van der Waals surface area contributed by atoms with Crippen LogP contribution >= 0.6 is 0 Å². The zero-order chi connectivity index (χ0) is 20.8. The number of piperidine rings is 1. The van der Waals surface area contributed by atoms with Gasteiger partial charge < -0.3 is 19.7 Å². The van der Waals surface area contributed by atoms with E-state index in [-0.39, 0.29) is 34.9 Å². The lowest BCUT2D eigenvalue weighted by molar-refractivity contribution is -0.274. The number of hydrogen-bond donors (Lipinski definition) is 1. The number of carbonyl (C=O) groups is 2. The summed E-state index contributed by atoms with van der Waals surface area (Å²) in [6, 6.07) is 5.99. The topological polar surface area (TPSA) is 67.9 Å². The van der Waals surface area contributed by atoms with Crippen LogP contribution in [0.4, 0.5) is 18.0 Å². The molecule has 2 aliphatic heterocycles. The van der Waals surface area contributed by atoms with E-state index in [9.17, 15) is 22.8 Å².